The standard InChI is InChI=1S/C19H20Cl3N3O3/c1-9(2)11-6-5-7-12(10(3)4)15(11)23-19(27)24-18(26)13-8-14(20)17(22)25(28)16(13)21/h5-10H,1-4H3,(H2,23,24,26,27). The normalized spacial score (nSPS) is 11.0. The molecule has 3 amide bonds. The van der Waals surface area contributed by atoms with Gasteiger partial charge in [-0.15, -0.1) is 4.73 Å². The molecule has 2 N–H and O–H groups in total. The van der Waals surface area contributed by atoms with Gasteiger partial charge < -0.3 is 10.5 Å². The van der Waals surface area contributed by atoms with Crippen LogP contribution >= 0.6 is 34.8 Å². The van der Waals surface area contributed by atoms with Gasteiger partial charge in [-0.2, -0.15) is 0 Å². The maximum absolute atomic E-state index is 12.5. The number of halogens is 3. The van der Waals surface area contributed by atoms with Crippen LogP contribution in [0.15, 0.2) is 24.3 Å². The van der Waals surface area contributed by atoms with Crippen molar-refractivity contribution in [3.63, 3.8) is 0 Å². The molecule has 1 aromatic carbocycles. The summed E-state index contributed by atoms with van der Waals surface area (Å²) in [4.78, 5) is 24.9. The number of aromatic nitrogens is 1. The number of amides is 3. The number of urea groups is 1. The van der Waals surface area contributed by atoms with Crippen LogP contribution in [0.1, 0.15) is 61.0 Å². The number of para-hydroxylation sites is 1. The van der Waals surface area contributed by atoms with E-state index in [2.05, 4.69) is 10.6 Å². The molecular formula is C19H20Cl3N3O3. The molecular weight excluding hydrogens is 425 g/mol. The van der Waals surface area contributed by atoms with Crippen LogP contribution in [0, 0.1) is 5.21 Å². The van der Waals surface area contributed by atoms with E-state index in [1.165, 1.54) is 0 Å². The number of hydrogen-bond acceptors (Lipinski definition) is 3. The number of anilines is 1. The van der Waals surface area contributed by atoms with Crippen LogP contribution in [0.25, 0.3) is 0 Å². The number of nitrogens with zero attached hydrogens (tertiary/aromatic N) is 1. The third-order valence-electron chi connectivity index (χ3n) is 4.13. The van der Waals surface area contributed by atoms with Gasteiger partial charge in [0.2, 0.25) is 0 Å². The second-order valence-electron chi connectivity index (χ2n) is 6.81. The van der Waals surface area contributed by atoms with Crippen LogP contribution in [0.4, 0.5) is 10.5 Å². The van der Waals surface area contributed by atoms with E-state index in [1.54, 1.807) is 0 Å². The van der Waals surface area contributed by atoms with Gasteiger partial charge >= 0.3 is 16.3 Å². The highest BCUT2D eigenvalue weighted by atomic mass is 35.5. The van der Waals surface area contributed by atoms with Gasteiger partial charge in [-0.05, 0) is 52.2 Å². The molecule has 9 heteroatoms. The van der Waals surface area contributed by atoms with Gasteiger partial charge in [-0.1, -0.05) is 57.5 Å². The molecule has 0 bridgehead atoms. The SMILES string of the molecule is CC(C)c1cccc(C(C)C)c1NC(=O)NC(=O)c1cc(Cl)c(Cl)[n+]([O-])c1Cl. The first-order chi connectivity index (χ1) is 13.0. The summed E-state index contributed by atoms with van der Waals surface area (Å²) in [5.74, 6) is -0.555. The molecule has 0 aliphatic heterocycles. The lowest BCUT2D eigenvalue weighted by atomic mass is 9.93. The Morgan fingerprint density at radius 3 is 2.04 bits per heavy atom. The fourth-order valence-corrected chi connectivity index (χ4v) is 3.30. The summed E-state index contributed by atoms with van der Waals surface area (Å²) in [7, 11) is 0. The highest BCUT2D eigenvalue weighted by molar-refractivity contribution is 6.41. The van der Waals surface area contributed by atoms with Crippen molar-refractivity contribution in [2.45, 2.75) is 39.5 Å². The lowest BCUT2D eigenvalue weighted by Gasteiger charge is -2.20. The van der Waals surface area contributed by atoms with Crippen LogP contribution in [0.2, 0.25) is 15.3 Å². The van der Waals surface area contributed by atoms with Gasteiger partial charge in [0.25, 0.3) is 5.91 Å². The Bertz CT molecular complexity index is 904. The number of carbonyl (C=O) groups is 2. The number of pyridine rings is 1. The van der Waals surface area contributed by atoms with Crippen molar-refractivity contribution >= 4 is 52.4 Å². The number of nitrogens with one attached hydrogen (secondary N) is 2. The van der Waals surface area contributed by atoms with Gasteiger partial charge in [0.1, 0.15) is 10.6 Å². The van der Waals surface area contributed by atoms with Crippen LogP contribution in [-0.2, 0) is 0 Å². The van der Waals surface area contributed by atoms with E-state index in [0.29, 0.717) is 5.69 Å². The van der Waals surface area contributed by atoms with Crippen molar-refractivity contribution in [3.8, 4) is 0 Å². The van der Waals surface area contributed by atoms with Crippen molar-refractivity contribution in [1.29, 1.82) is 0 Å². The monoisotopic (exact) mass is 443 g/mol. The van der Waals surface area contributed by atoms with Crippen LogP contribution in [-0.4, -0.2) is 11.9 Å². The Hall–Kier alpha value is -2.02. The minimum Gasteiger partial charge on any atom is -0.616 e. The average molecular weight is 445 g/mol. The average Bonchev–Trinajstić information content (AvgIpc) is 2.62. The minimum absolute atomic E-state index is 0.114. The summed E-state index contributed by atoms with van der Waals surface area (Å²) < 4.78 is 0.114. The Balaban J connectivity index is 2.30. The second-order valence-corrected chi connectivity index (χ2v) is 7.93. The molecule has 0 aliphatic rings. The maximum atomic E-state index is 12.5. The van der Waals surface area contributed by atoms with Crippen LogP contribution in [0.3, 0.4) is 0 Å². The number of carbonyl (C=O) groups excluding carboxylic acids is 2. The number of benzene rings is 1. The Morgan fingerprint density at radius 1 is 1.00 bits per heavy atom. The molecule has 0 fully saturated rings. The first-order valence-electron chi connectivity index (χ1n) is 8.56. The molecule has 0 spiro atoms. The van der Waals surface area contributed by atoms with E-state index in [-0.39, 0.29) is 32.3 Å². The van der Waals surface area contributed by atoms with Crippen molar-refractivity contribution in [2.75, 3.05) is 5.32 Å². The lowest BCUT2D eigenvalue weighted by Crippen LogP contribution is -2.38. The summed E-state index contributed by atoms with van der Waals surface area (Å²) in [6, 6.07) is 6.15. The Morgan fingerprint density at radius 2 is 1.54 bits per heavy atom. The van der Waals surface area contributed by atoms with Gasteiger partial charge in [0.15, 0.2) is 0 Å². The quantitative estimate of drug-likeness (QED) is 0.371. The van der Waals surface area contributed by atoms with Gasteiger partial charge in [0.05, 0.1) is 0 Å². The third-order valence-corrected chi connectivity index (χ3v) is 5.23. The summed E-state index contributed by atoms with van der Waals surface area (Å²) >= 11 is 17.4. The predicted molar refractivity (Wildman–Crippen MR) is 112 cm³/mol. The van der Waals surface area contributed by atoms with E-state index in [0.717, 1.165) is 17.2 Å². The zero-order chi connectivity index (χ0) is 21.2. The molecule has 0 unspecified atom stereocenters. The number of rotatable bonds is 4. The van der Waals surface area contributed by atoms with Gasteiger partial charge in [-0.25, -0.2) is 4.79 Å². The summed E-state index contributed by atoms with van der Waals surface area (Å²) in [5.41, 5.74) is 2.27. The number of hydrogen-bond donors (Lipinski definition) is 2. The fourth-order valence-electron chi connectivity index (χ4n) is 2.71. The molecule has 28 heavy (non-hydrogen) atoms. The molecule has 0 radical (unpaired) electrons. The highest BCUT2D eigenvalue weighted by Crippen LogP contribution is 2.32. The zero-order valence-corrected chi connectivity index (χ0v) is 18.0. The van der Waals surface area contributed by atoms with Crippen LogP contribution in [0.5, 0.6) is 0 Å². The van der Waals surface area contributed by atoms with Crippen molar-refractivity contribution < 1.29 is 14.3 Å². The topological polar surface area (TPSA) is 85.1 Å². The van der Waals surface area contributed by atoms with E-state index in [1.807, 2.05) is 45.9 Å². The zero-order valence-electron chi connectivity index (χ0n) is 15.8. The van der Waals surface area contributed by atoms with E-state index in [9.17, 15) is 14.8 Å². The summed E-state index contributed by atoms with van der Waals surface area (Å²) in [6.45, 7) is 8.04. The van der Waals surface area contributed by atoms with Crippen molar-refractivity contribution in [2.24, 2.45) is 0 Å². The first-order valence-corrected chi connectivity index (χ1v) is 9.70. The molecule has 0 saturated heterocycles. The van der Waals surface area contributed by atoms with Gasteiger partial charge in [0, 0.05) is 5.69 Å². The number of imide groups is 1. The molecule has 1 heterocycles. The molecule has 2 rings (SSSR count). The van der Waals surface area contributed by atoms with Crippen molar-refractivity contribution in [3.05, 3.63) is 61.5 Å². The van der Waals surface area contributed by atoms with Crippen LogP contribution < -0.4 is 15.4 Å². The molecule has 2 aromatic rings. The summed E-state index contributed by atoms with van der Waals surface area (Å²) in [5, 5.41) is 15.7. The fraction of sp³-hybridized carbons (Fsp3) is 0.316. The summed E-state index contributed by atoms with van der Waals surface area (Å²) in [6.07, 6.45) is 0. The predicted octanol–water partition coefficient (Wildman–Crippen LogP) is 5.49. The van der Waals surface area contributed by atoms with E-state index < -0.39 is 17.1 Å². The molecule has 0 aliphatic carbocycles. The largest absolute Gasteiger partial charge is 0.616 e. The van der Waals surface area contributed by atoms with E-state index >= 15 is 0 Å². The maximum Gasteiger partial charge on any atom is 0.326 e. The lowest BCUT2D eigenvalue weighted by molar-refractivity contribution is -0.600. The highest BCUT2D eigenvalue weighted by Gasteiger charge is 2.25. The Labute approximate surface area is 178 Å². The smallest absolute Gasteiger partial charge is 0.326 e. The molecule has 0 atom stereocenters. The molecule has 150 valence electrons. The first kappa shape index (κ1) is 22.3. The van der Waals surface area contributed by atoms with Gasteiger partial charge in [-0.3, -0.25) is 10.1 Å². The molecule has 1 aromatic heterocycles. The van der Waals surface area contributed by atoms with Crippen molar-refractivity contribution in [1.82, 2.24) is 5.32 Å². The van der Waals surface area contributed by atoms with E-state index in [4.69, 9.17) is 34.8 Å². The minimum atomic E-state index is -0.876. The molecule has 6 nitrogen and oxygen atoms in total. The molecule has 0 saturated carbocycles. The second kappa shape index (κ2) is 8.99. The third kappa shape index (κ3) is 4.69. The Kier molecular flexibility index (Phi) is 7.15.